The van der Waals surface area contributed by atoms with Crippen molar-refractivity contribution in [3.8, 4) is 113 Å². The topological polar surface area (TPSA) is 95.2 Å². The molecule has 0 unspecified atom stereocenters. The van der Waals surface area contributed by atoms with Gasteiger partial charge < -0.3 is 0 Å². The smallest absolute Gasteiger partial charge is 0.0728 e. The molecular weight excluding hydrogens is 1400 g/mol. The third-order valence-electron chi connectivity index (χ3n) is 24.8. The molecule has 0 radical (unpaired) electrons. The van der Waals surface area contributed by atoms with Gasteiger partial charge in [-0.3, -0.25) is 0 Å². The Labute approximate surface area is 682 Å². The van der Waals surface area contributed by atoms with Gasteiger partial charge in [-0.25, -0.2) is 0 Å². The molecule has 552 valence electrons. The largest absolute Gasteiger partial charge is 0.199 e. The number of nitrogens with zero attached hydrogens (tertiary/aromatic N) is 4. The molecule has 24 rings (SSSR count). The van der Waals surface area contributed by atoms with E-state index < -0.39 is 0 Å². The zero-order chi connectivity index (χ0) is 80.0. The maximum absolute atomic E-state index is 7.32. The highest BCUT2D eigenvalue weighted by atomic mass is 14.6. The average Bonchev–Trinajstić information content (AvgIpc) is 1.53. The Morgan fingerprint density at radius 2 is 0.379 bits per heavy atom. The van der Waals surface area contributed by atoms with Gasteiger partial charge in [0.05, 0.1) is 45.9 Å². The second kappa shape index (κ2) is 30.2. The predicted molar refractivity (Wildman–Crippen MR) is 475 cm³/mol. The minimum atomic E-state index is -0.190. The molecular formula is C112H84N4. The summed E-state index contributed by atoms with van der Waals surface area (Å²) >= 11 is 0. The number of hydrogen-bond acceptors (Lipinski definition) is 4. The lowest BCUT2D eigenvalue weighted by molar-refractivity contribution is 0.786. The number of aryl methyl sites for hydroxylation is 4. The Bertz CT molecular complexity index is 6420. The van der Waals surface area contributed by atoms with Crippen LogP contribution >= 0.6 is 0 Å². The monoisotopic (exact) mass is 1480 g/mol. The summed E-state index contributed by atoms with van der Waals surface area (Å²) in [5.41, 5.74) is 49.3. The first-order chi connectivity index (χ1) is 56.9. The second-order valence-electron chi connectivity index (χ2n) is 30.5. The number of fused-ring (bicyclic) bond motifs is 40. The summed E-state index contributed by atoms with van der Waals surface area (Å²) < 4.78 is 0. The van der Waals surface area contributed by atoms with Gasteiger partial charge in [0.15, 0.2) is 0 Å². The van der Waals surface area contributed by atoms with Gasteiger partial charge in [0, 0.05) is 27.7 Å². The lowest BCUT2D eigenvalue weighted by Gasteiger charge is -2.31. The van der Waals surface area contributed by atoms with E-state index in [1.807, 2.05) is 0 Å². The van der Waals surface area contributed by atoms with Crippen molar-refractivity contribution in [3.05, 3.63) is 475 Å². The van der Waals surface area contributed by atoms with Gasteiger partial charge in [-0.2, -0.15) is 21.0 Å². The summed E-state index contributed by atoms with van der Waals surface area (Å²) in [6, 6.07) is 142. The summed E-state index contributed by atoms with van der Waals surface area (Å²) in [5, 5.41) is 29.3. The van der Waals surface area contributed by atoms with Crippen LogP contribution in [-0.4, -0.2) is 0 Å². The van der Waals surface area contributed by atoms with E-state index in [1.54, 1.807) is 24.3 Å². The maximum atomic E-state index is 7.32. The zero-order valence-corrected chi connectivity index (χ0v) is 66.4. The number of hydrogen-bond donors (Lipinski definition) is 0. The third-order valence-corrected chi connectivity index (χ3v) is 24.8. The van der Waals surface area contributed by atoms with Crippen LogP contribution < -0.4 is 0 Å². The Hall–Kier alpha value is -14.5. The molecule has 8 aliphatic carbocycles. The van der Waals surface area contributed by atoms with Crippen LogP contribution in [0.2, 0.25) is 0 Å². The fourth-order valence-electron chi connectivity index (χ4n) is 21.1. The average molecular weight is 1490 g/mol. The summed E-state index contributed by atoms with van der Waals surface area (Å²) in [6.07, 6.45) is 0. The standard InChI is InChI=1S/4C26H18.4C2H3N/c1-17-9-8-13-21-20-12-4-7-16-24(20)26(25(17)21)22-14-5-2-10-18(22)19-11-3-6-15-23(19)26;1-17-9-8-16-24-25(17)20-12-4-7-15-23(20)26(24)21-13-5-2-10-18(21)19-11-3-6-14-22(19)26;1-17-14-15-25-21(16-17)20-10-4-7-13-24(20)26(25)22-11-5-2-8-18(22)19-9-3-6-12-23(19)26;1-17-14-15-21-20-10-4-7-13-24(20)26(25(21)16-17)22-11-5-2-8-18(22)19-9-3-6-12-23(19)26;4*1-2-3/h4*2-16H,1H3;4*1H3. The van der Waals surface area contributed by atoms with Gasteiger partial charge in [-0.15, -0.1) is 0 Å². The van der Waals surface area contributed by atoms with Gasteiger partial charge in [0.2, 0.25) is 0 Å². The van der Waals surface area contributed by atoms with E-state index in [1.165, 1.54) is 228 Å². The Balaban J connectivity index is 0.000000106. The Kier molecular flexibility index (Phi) is 19.3. The molecule has 0 aliphatic heterocycles. The molecule has 0 N–H and O–H groups in total. The van der Waals surface area contributed by atoms with Gasteiger partial charge >= 0.3 is 0 Å². The van der Waals surface area contributed by atoms with Crippen molar-refractivity contribution < 1.29 is 0 Å². The van der Waals surface area contributed by atoms with Crippen molar-refractivity contribution in [1.82, 2.24) is 0 Å². The molecule has 4 heteroatoms. The molecule has 0 bridgehead atoms. The van der Waals surface area contributed by atoms with Crippen LogP contribution in [0.25, 0.3) is 89.0 Å². The van der Waals surface area contributed by atoms with Crippen molar-refractivity contribution in [3.63, 3.8) is 0 Å². The van der Waals surface area contributed by atoms with Crippen LogP contribution in [0.4, 0.5) is 0 Å². The molecule has 0 aromatic heterocycles. The molecule has 0 atom stereocenters. The number of nitriles is 4. The molecule has 16 aromatic carbocycles. The lowest BCUT2D eigenvalue weighted by Crippen LogP contribution is -2.26. The number of rotatable bonds is 0. The van der Waals surface area contributed by atoms with Gasteiger partial charge in [0.1, 0.15) is 0 Å². The molecule has 4 nitrogen and oxygen atoms in total. The highest BCUT2D eigenvalue weighted by molar-refractivity contribution is 6.00. The minimum Gasteiger partial charge on any atom is -0.199 e. The molecule has 0 heterocycles. The first-order valence-corrected chi connectivity index (χ1v) is 39.8. The van der Waals surface area contributed by atoms with Crippen molar-refractivity contribution in [2.45, 2.75) is 77.0 Å². The van der Waals surface area contributed by atoms with Crippen molar-refractivity contribution in [1.29, 1.82) is 21.0 Å². The van der Waals surface area contributed by atoms with Gasteiger partial charge in [-0.1, -0.05) is 375 Å². The van der Waals surface area contributed by atoms with E-state index in [9.17, 15) is 0 Å². The quantitative estimate of drug-likeness (QED) is 0.151. The number of benzene rings is 16. The Morgan fingerprint density at radius 3 is 0.724 bits per heavy atom. The molecule has 0 fully saturated rings. The SMILES string of the molecule is CC#N.CC#N.CC#N.CC#N.Cc1ccc2c(c1)-c1ccccc1C21c2ccccc2-c2ccccc21.Cc1ccc2c(c1)C1(c3ccccc3-c3ccccc31)c1ccccc1-2.Cc1cccc2c1-c1ccccc1C21c2ccccc2-c2ccccc21.Cc1cccc2c1C1(c3ccccc3-c3ccccc31)c1ccccc1-2. The van der Waals surface area contributed by atoms with Crippen LogP contribution in [0, 0.1) is 73.0 Å². The van der Waals surface area contributed by atoms with Crippen molar-refractivity contribution in [2.24, 2.45) is 0 Å². The van der Waals surface area contributed by atoms with Crippen LogP contribution in [0.3, 0.4) is 0 Å². The van der Waals surface area contributed by atoms with Crippen LogP contribution in [-0.2, 0) is 21.7 Å². The molecule has 0 saturated carbocycles. The minimum absolute atomic E-state index is 0.188. The predicted octanol–water partition coefficient (Wildman–Crippen LogP) is 27.5. The molecule has 116 heavy (non-hydrogen) atoms. The first-order valence-electron chi connectivity index (χ1n) is 39.8. The normalized spacial score (nSPS) is 13.4. The fourth-order valence-corrected chi connectivity index (χ4v) is 21.1. The van der Waals surface area contributed by atoms with E-state index in [0.29, 0.717) is 0 Å². The van der Waals surface area contributed by atoms with E-state index in [-0.39, 0.29) is 21.7 Å². The van der Waals surface area contributed by atoms with Crippen molar-refractivity contribution in [2.75, 3.05) is 0 Å². The Morgan fingerprint density at radius 1 is 0.172 bits per heavy atom. The molecule has 0 amide bonds. The van der Waals surface area contributed by atoms with E-state index in [4.69, 9.17) is 21.0 Å². The summed E-state index contributed by atoms with van der Waals surface area (Å²) in [5.74, 6) is 0. The van der Waals surface area contributed by atoms with Crippen LogP contribution in [0.5, 0.6) is 0 Å². The summed E-state index contributed by atoms with van der Waals surface area (Å²) in [7, 11) is 0. The molecule has 16 aromatic rings. The van der Waals surface area contributed by atoms with E-state index >= 15 is 0 Å². The maximum Gasteiger partial charge on any atom is 0.0728 e. The third kappa shape index (κ3) is 10.8. The lowest BCUT2D eigenvalue weighted by atomic mass is 9.69. The van der Waals surface area contributed by atoms with Crippen LogP contribution in [0.1, 0.15) is 139 Å². The van der Waals surface area contributed by atoms with Crippen molar-refractivity contribution >= 4 is 0 Å². The summed E-state index contributed by atoms with van der Waals surface area (Å²) in [4.78, 5) is 0. The van der Waals surface area contributed by atoms with Gasteiger partial charge in [-0.05, 0) is 217 Å². The molecule has 4 spiro atoms. The van der Waals surface area contributed by atoms with Crippen LogP contribution in [0.15, 0.2) is 364 Å². The highest BCUT2D eigenvalue weighted by Gasteiger charge is 2.56. The fraction of sp³-hybridized carbons (Fsp3) is 0.107. The van der Waals surface area contributed by atoms with E-state index in [2.05, 4.69) is 392 Å². The second-order valence-corrected chi connectivity index (χ2v) is 30.5. The first kappa shape index (κ1) is 74.2. The zero-order valence-electron chi connectivity index (χ0n) is 66.4. The molecule has 8 aliphatic rings. The molecule has 0 saturated heterocycles. The highest BCUT2D eigenvalue weighted by Crippen LogP contribution is 2.68. The van der Waals surface area contributed by atoms with Gasteiger partial charge in [0.25, 0.3) is 0 Å². The summed E-state index contributed by atoms with van der Waals surface area (Å²) in [6.45, 7) is 14.6. The van der Waals surface area contributed by atoms with E-state index in [0.717, 1.165) is 0 Å².